The van der Waals surface area contributed by atoms with Crippen molar-refractivity contribution in [2.75, 3.05) is 6.61 Å². The Morgan fingerprint density at radius 2 is 1.92 bits per heavy atom. The van der Waals surface area contributed by atoms with Gasteiger partial charge < -0.3 is 9.47 Å². The predicted molar refractivity (Wildman–Crippen MR) is 51.2 cm³/mol. The normalized spacial score (nSPS) is 29.1. The van der Waals surface area contributed by atoms with Crippen molar-refractivity contribution < 1.29 is 14.3 Å². The summed E-state index contributed by atoms with van der Waals surface area (Å²) in [5.74, 6) is 1.49. The monoisotopic (exact) mass is 186 g/mol. The van der Waals surface area contributed by atoms with E-state index in [0.717, 1.165) is 12.4 Å². The average molecular weight is 186 g/mol. The summed E-state index contributed by atoms with van der Waals surface area (Å²) in [6, 6.07) is 0. The molecular weight excluding hydrogens is 168 g/mol. The summed E-state index contributed by atoms with van der Waals surface area (Å²) in [7, 11) is 0. The number of carbonyl (C=O) groups is 1. The molecule has 2 aliphatic heterocycles. The second-order valence-electron chi connectivity index (χ2n) is 3.18. The summed E-state index contributed by atoms with van der Waals surface area (Å²) in [6.45, 7) is 8.47. The highest BCUT2D eigenvalue weighted by molar-refractivity contribution is 5.74. The Balaban J connectivity index is 0.000000206. The van der Waals surface area contributed by atoms with Crippen molar-refractivity contribution >= 4 is 5.97 Å². The first-order valence-corrected chi connectivity index (χ1v) is 4.10. The van der Waals surface area contributed by atoms with Crippen molar-refractivity contribution in [3.8, 4) is 0 Å². The van der Waals surface area contributed by atoms with Crippen molar-refractivity contribution in [2.45, 2.75) is 33.8 Å². The van der Waals surface area contributed by atoms with Gasteiger partial charge >= 0.3 is 5.97 Å². The highest BCUT2D eigenvalue weighted by Gasteiger charge is 2.22. The molecule has 3 heteroatoms. The highest BCUT2D eigenvalue weighted by atomic mass is 16.6. The molecule has 13 heavy (non-hydrogen) atoms. The molecule has 0 saturated carbocycles. The molecule has 0 aromatic heterocycles. The number of hydrogen-bond donors (Lipinski definition) is 0. The summed E-state index contributed by atoms with van der Waals surface area (Å²) in [5, 5.41) is 0. The third-order valence-corrected chi connectivity index (χ3v) is 1.86. The Morgan fingerprint density at radius 3 is 1.92 bits per heavy atom. The second-order valence-corrected chi connectivity index (χ2v) is 3.18. The summed E-state index contributed by atoms with van der Waals surface area (Å²) in [6.07, 6.45) is 0.803. The zero-order valence-electron chi connectivity index (χ0n) is 7.50. The molecule has 2 aliphatic rings. The first-order valence-electron chi connectivity index (χ1n) is 4.10. The van der Waals surface area contributed by atoms with Gasteiger partial charge in [-0.1, -0.05) is 20.9 Å². The molecule has 76 valence electrons. The van der Waals surface area contributed by atoms with Gasteiger partial charge in [0.25, 0.3) is 0 Å². The molecule has 0 radical (unpaired) electrons. The lowest BCUT2D eigenvalue weighted by molar-refractivity contribution is -0.167. The summed E-state index contributed by atoms with van der Waals surface area (Å²) < 4.78 is 9.35. The molecule has 2 atom stereocenters. The van der Waals surface area contributed by atoms with Crippen LogP contribution in [-0.2, 0) is 14.3 Å². The van der Waals surface area contributed by atoms with Gasteiger partial charge in [0.15, 0.2) is 0 Å². The van der Waals surface area contributed by atoms with Gasteiger partial charge in [-0.25, -0.2) is 0 Å². The van der Waals surface area contributed by atoms with E-state index in [1.807, 2.05) is 6.92 Å². The summed E-state index contributed by atoms with van der Waals surface area (Å²) >= 11 is 0. The largest absolute Gasteiger partial charge is 0.497 e. The van der Waals surface area contributed by atoms with Gasteiger partial charge in [-0.05, 0) is 6.92 Å². The van der Waals surface area contributed by atoms with Crippen LogP contribution in [0.25, 0.3) is 0 Å². The fourth-order valence-electron chi connectivity index (χ4n) is 0.817. The molecule has 0 amide bonds. The third kappa shape index (κ3) is 3.49. The molecule has 2 fully saturated rings. The number of esters is 1. The smallest absolute Gasteiger partial charge is 0.309 e. The fourth-order valence-corrected chi connectivity index (χ4v) is 0.817. The first-order chi connectivity index (χ1) is 5.59. The molecule has 2 heterocycles. The van der Waals surface area contributed by atoms with Gasteiger partial charge in [0.2, 0.25) is 0 Å². The van der Waals surface area contributed by atoms with Crippen LogP contribution in [0.15, 0.2) is 12.3 Å². The van der Waals surface area contributed by atoms with Crippen molar-refractivity contribution in [1.29, 1.82) is 0 Å². The molecule has 2 rings (SSSR count). The lowest BCUT2D eigenvalue weighted by Gasteiger charge is -2.25. The van der Waals surface area contributed by atoms with E-state index in [0.29, 0.717) is 12.3 Å². The molecule has 0 aromatic rings. The molecule has 0 spiro atoms. The molecule has 0 bridgehead atoms. The number of hydrogen-bond acceptors (Lipinski definition) is 3. The zero-order chi connectivity index (χ0) is 9.14. The Kier molecular flexibility index (Phi) is 4.52. The van der Waals surface area contributed by atoms with E-state index in [-0.39, 0.29) is 19.5 Å². The van der Waals surface area contributed by atoms with Gasteiger partial charge in [0.05, 0.1) is 18.8 Å². The zero-order valence-corrected chi connectivity index (χ0v) is 7.50. The second kappa shape index (κ2) is 4.90. The van der Waals surface area contributed by atoms with Crippen LogP contribution in [0.5, 0.6) is 0 Å². The van der Waals surface area contributed by atoms with Gasteiger partial charge in [-0.15, -0.1) is 0 Å². The van der Waals surface area contributed by atoms with E-state index in [9.17, 15) is 4.79 Å². The SMILES string of the molecule is C.C=C1OCC1C.CC1CC(=O)O1. The Hall–Kier alpha value is -0.990. The van der Waals surface area contributed by atoms with E-state index in [1.54, 1.807) is 0 Å². The van der Waals surface area contributed by atoms with E-state index < -0.39 is 0 Å². The quantitative estimate of drug-likeness (QED) is 0.544. The maximum absolute atomic E-state index is 9.89. The van der Waals surface area contributed by atoms with Gasteiger partial charge in [0.1, 0.15) is 6.10 Å². The molecule has 2 unspecified atom stereocenters. The van der Waals surface area contributed by atoms with Crippen LogP contribution in [0.1, 0.15) is 27.7 Å². The Morgan fingerprint density at radius 1 is 1.46 bits per heavy atom. The van der Waals surface area contributed by atoms with E-state index in [2.05, 4.69) is 18.2 Å². The Bertz CT molecular complexity index is 190. The molecule has 0 aliphatic carbocycles. The number of cyclic esters (lactones) is 1. The van der Waals surface area contributed by atoms with Crippen LogP contribution in [0, 0.1) is 5.92 Å². The van der Waals surface area contributed by atoms with Crippen molar-refractivity contribution in [3.63, 3.8) is 0 Å². The van der Waals surface area contributed by atoms with E-state index >= 15 is 0 Å². The minimum atomic E-state index is -0.0671. The summed E-state index contributed by atoms with van der Waals surface area (Å²) in [5.41, 5.74) is 0. The van der Waals surface area contributed by atoms with Crippen LogP contribution in [-0.4, -0.2) is 18.7 Å². The van der Waals surface area contributed by atoms with Gasteiger partial charge in [-0.2, -0.15) is 0 Å². The van der Waals surface area contributed by atoms with E-state index in [4.69, 9.17) is 4.74 Å². The lowest BCUT2D eigenvalue weighted by atomic mass is 10.1. The van der Waals surface area contributed by atoms with Crippen LogP contribution < -0.4 is 0 Å². The van der Waals surface area contributed by atoms with Crippen LogP contribution in [0.2, 0.25) is 0 Å². The van der Waals surface area contributed by atoms with Crippen LogP contribution >= 0.6 is 0 Å². The lowest BCUT2D eigenvalue weighted by Crippen LogP contribution is -2.29. The van der Waals surface area contributed by atoms with Crippen molar-refractivity contribution in [3.05, 3.63) is 12.3 Å². The third-order valence-electron chi connectivity index (χ3n) is 1.86. The topological polar surface area (TPSA) is 35.5 Å². The van der Waals surface area contributed by atoms with Crippen LogP contribution in [0.4, 0.5) is 0 Å². The molecule has 0 N–H and O–H groups in total. The van der Waals surface area contributed by atoms with Crippen molar-refractivity contribution in [2.24, 2.45) is 5.92 Å². The molecular formula is C10H18O3. The van der Waals surface area contributed by atoms with Crippen LogP contribution in [0.3, 0.4) is 0 Å². The van der Waals surface area contributed by atoms with E-state index in [1.165, 1.54) is 0 Å². The number of carbonyl (C=O) groups excluding carboxylic acids is 1. The number of ether oxygens (including phenoxy) is 2. The summed E-state index contributed by atoms with van der Waals surface area (Å²) in [4.78, 5) is 9.89. The van der Waals surface area contributed by atoms with Gasteiger partial charge in [0, 0.05) is 5.92 Å². The molecule has 0 aromatic carbocycles. The fraction of sp³-hybridized carbons (Fsp3) is 0.700. The first kappa shape index (κ1) is 12.0. The molecule has 2 saturated heterocycles. The predicted octanol–water partition coefficient (Wildman–Crippen LogP) is 2.12. The average Bonchev–Trinajstić information content (AvgIpc) is 2.00. The van der Waals surface area contributed by atoms with Crippen molar-refractivity contribution in [1.82, 2.24) is 0 Å². The van der Waals surface area contributed by atoms with Gasteiger partial charge in [-0.3, -0.25) is 4.79 Å². The Labute approximate surface area is 79.7 Å². The number of rotatable bonds is 0. The minimum absolute atomic E-state index is 0. The minimum Gasteiger partial charge on any atom is -0.497 e. The molecule has 3 nitrogen and oxygen atoms in total. The standard InChI is InChI=1S/C5H8O.C4H6O2.CH4/c1-4-3-6-5(4)2;1-3-2-4(5)6-3;/h4H,2-3H2,1H3;3H,2H2,1H3;1H4. The maximum atomic E-state index is 9.89. The highest BCUT2D eigenvalue weighted by Crippen LogP contribution is 2.20. The maximum Gasteiger partial charge on any atom is 0.309 e.